The molecule has 1 aromatic heterocycles. The van der Waals surface area contributed by atoms with Crippen LogP contribution in [-0.4, -0.2) is 35.5 Å². The Balaban J connectivity index is 1.36. The van der Waals surface area contributed by atoms with Crippen LogP contribution in [0.2, 0.25) is 0 Å². The molecule has 148 valence electrons. The molecule has 0 saturated carbocycles. The topological polar surface area (TPSA) is 58.1 Å². The van der Waals surface area contributed by atoms with Gasteiger partial charge in [0.1, 0.15) is 5.82 Å². The second-order valence-corrected chi connectivity index (χ2v) is 7.44. The number of nitrogens with zero attached hydrogens (tertiary/aromatic N) is 3. The molecule has 1 saturated heterocycles. The van der Waals surface area contributed by atoms with Crippen molar-refractivity contribution in [2.75, 3.05) is 24.5 Å². The van der Waals surface area contributed by atoms with Crippen molar-refractivity contribution in [3.8, 4) is 0 Å². The summed E-state index contributed by atoms with van der Waals surface area (Å²) in [5.74, 6) is 1.25. The summed E-state index contributed by atoms with van der Waals surface area (Å²) in [7, 11) is 0. The van der Waals surface area contributed by atoms with E-state index in [-0.39, 0.29) is 17.7 Å². The lowest BCUT2D eigenvalue weighted by Crippen LogP contribution is -2.41. The third-order valence-electron chi connectivity index (χ3n) is 5.62. The van der Waals surface area contributed by atoms with Gasteiger partial charge in [0.15, 0.2) is 0 Å². The third-order valence-corrected chi connectivity index (χ3v) is 5.62. The lowest BCUT2D eigenvalue weighted by atomic mass is 9.90. The zero-order valence-electron chi connectivity index (χ0n) is 16.4. The Bertz CT molecular complexity index is 854. The van der Waals surface area contributed by atoms with Crippen molar-refractivity contribution < 1.29 is 4.79 Å². The normalized spacial score (nSPS) is 14.7. The highest BCUT2D eigenvalue weighted by Gasteiger charge is 2.26. The van der Waals surface area contributed by atoms with E-state index >= 15 is 0 Å². The van der Waals surface area contributed by atoms with E-state index in [9.17, 15) is 4.79 Å². The second-order valence-electron chi connectivity index (χ2n) is 7.44. The van der Waals surface area contributed by atoms with Gasteiger partial charge >= 0.3 is 0 Å². The number of nitrogens with one attached hydrogen (secondary N) is 1. The molecular weight excluding hydrogens is 360 g/mol. The van der Waals surface area contributed by atoms with Gasteiger partial charge in [-0.05, 0) is 24.0 Å². The molecule has 2 aromatic carbocycles. The lowest BCUT2D eigenvalue weighted by Gasteiger charge is -2.32. The Hall–Kier alpha value is -3.21. The van der Waals surface area contributed by atoms with Crippen molar-refractivity contribution in [2.45, 2.75) is 18.8 Å². The largest absolute Gasteiger partial charge is 0.355 e. The van der Waals surface area contributed by atoms with Crippen LogP contribution in [0.15, 0.2) is 79.3 Å². The fourth-order valence-corrected chi connectivity index (χ4v) is 3.97. The van der Waals surface area contributed by atoms with E-state index in [4.69, 9.17) is 0 Å². The molecule has 1 N–H and O–H groups in total. The summed E-state index contributed by atoms with van der Waals surface area (Å²) in [6.45, 7) is 2.27. The molecule has 0 atom stereocenters. The van der Waals surface area contributed by atoms with Crippen LogP contribution >= 0.6 is 0 Å². The molecule has 5 nitrogen and oxygen atoms in total. The summed E-state index contributed by atoms with van der Waals surface area (Å²) < 4.78 is 0. The van der Waals surface area contributed by atoms with Gasteiger partial charge in [0.05, 0.1) is 6.20 Å². The van der Waals surface area contributed by atoms with E-state index < -0.39 is 0 Å². The molecule has 4 rings (SSSR count). The predicted octanol–water partition coefficient (Wildman–Crippen LogP) is 3.64. The molecular formula is C24H26N4O. The molecule has 3 aromatic rings. The monoisotopic (exact) mass is 386 g/mol. The van der Waals surface area contributed by atoms with Crippen LogP contribution in [0.25, 0.3) is 0 Å². The lowest BCUT2D eigenvalue weighted by molar-refractivity contribution is -0.125. The number of hydrogen-bond acceptors (Lipinski definition) is 4. The predicted molar refractivity (Wildman–Crippen MR) is 115 cm³/mol. The molecule has 0 radical (unpaired) electrons. The number of anilines is 1. The number of benzene rings is 2. The van der Waals surface area contributed by atoms with Gasteiger partial charge in [-0.1, -0.05) is 60.7 Å². The van der Waals surface area contributed by atoms with Gasteiger partial charge in [0, 0.05) is 43.9 Å². The van der Waals surface area contributed by atoms with Gasteiger partial charge in [0.2, 0.25) is 5.91 Å². The van der Waals surface area contributed by atoms with Crippen LogP contribution < -0.4 is 10.2 Å². The van der Waals surface area contributed by atoms with Crippen LogP contribution in [0.5, 0.6) is 0 Å². The van der Waals surface area contributed by atoms with Gasteiger partial charge in [-0.15, -0.1) is 0 Å². The van der Waals surface area contributed by atoms with Gasteiger partial charge in [-0.3, -0.25) is 9.78 Å². The maximum absolute atomic E-state index is 12.9. The molecule has 0 aliphatic carbocycles. The minimum atomic E-state index is 0.0510. The van der Waals surface area contributed by atoms with Crippen molar-refractivity contribution in [3.05, 3.63) is 90.4 Å². The number of piperidine rings is 1. The molecule has 0 unspecified atom stereocenters. The summed E-state index contributed by atoms with van der Waals surface area (Å²) in [5.41, 5.74) is 2.44. The summed E-state index contributed by atoms with van der Waals surface area (Å²) in [6.07, 6.45) is 6.85. The van der Waals surface area contributed by atoms with Crippen LogP contribution in [-0.2, 0) is 4.79 Å². The molecule has 5 heteroatoms. The molecule has 2 heterocycles. The second kappa shape index (κ2) is 9.32. The van der Waals surface area contributed by atoms with E-state index in [1.807, 2.05) is 12.1 Å². The Morgan fingerprint density at radius 3 is 2.14 bits per heavy atom. The Morgan fingerprint density at radius 1 is 0.966 bits per heavy atom. The number of carbonyl (C=O) groups is 1. The molecule has 0 spiro atoms. The first-order chi connectivity index (χ1) is 14.3. The first kappa shape index (κ1) is 19.1. The number of aromatic nitrogens is 2. The van der Waals surface area contributed by atoms with Crippen LogP contribution in [0, 0.1) is 5.92 Å². The average molecular weight is 386 g/mol. The molecule has 1 fully saturated rings. The zero-order chi connectivity index (χ0) is 19.9. The van der Waals surface area contributed by atoms with Crippen LogP contribution in [0.4, 0.5) is 5.82 Å². The van der Waals surface area contributed by atoms with Crippen molar-refractivity contribution in [1.82, 2.24) is 15.3 Å². The maximum atomic E-state index is 12.9. The highest BCUT2D eigenvalue weighted by molar-refractivity contribution is 5.79. The first-order valence-electron chi connectivity index (χ1n) is 10.2. The van der Waals surface area contributed by atoms with Crippen molar-refractivity contribution in [1.29, 1.82) is 0 Å². The number of hydrogen-bond donors (Lipinski definition) is 1. The fourth-order valence-electron chi connectivity index (χ4n) is 3.97. The summed E-state index contributed by atoms with van der Waals surface area (Å²) in [4.78, 5) is 23.6. The Morgan fingerprint density at radius 2 is 1.59 bits per heavy atom. The van der Waals surface area contributed by atoms with Crippen LogP contribution in [0.3, 0.4) is 0 Å². The standard InChI is InChI=1S/C24H26N4O/c29-24(21-11-15-28(16-12-21)23-18-25-13-14-26-23)27-17-22(19-7-3-1-4-8-19)20-9-5-2-6-10-20/h1-10,13-14,18,21-22H,11-12,15-17H2,(H,27,29). The first-order valence-corrected chi connectivity index (χ1v) is 10.2. The van der Waals surface area contributed by atoms with Gasteiger partial charge in [0.25, 0.3) is 0 Å². The number of rotatable bonds is 6. The highest BCUT2D eigenvalue weighted by Crippen LogP contribution is 2.25. The van der Waals surface area contributed by atoms with E-state index in [1.165, 1.54) is 11.1 Å². The molecule has 29 heavy (non-hydrogen) atoms. The fraction of sp³-hybridized carbons (Fsp3) is 0.292. The molecule has 1 aliphatic rings. The van der Waals surface area contributed by atoms with Crippen molar-refractivity contribution in [2.24, 2.45) is 5.92 Å². The summed E-state index contributed by atoms with van der Waals surface area (Å²) in [5, 5.41) is 3.22. The van der Waals surface area contributed by atoms with Crippen LogP contribution in [0.1, 0.15) is 29.9 Å². The molecule has 1 aliphatic heterocycles. The molecule has 0 bridgehead atoms. The van der Waals surface area contributed by atoms with E-state index in [0.29, 0.717) is 6.54 Å². The zero-order valence-corrected chi connectivity index (χ0v) is 16.4. The van der Waals surface area contributed by atoms with E-state index in [0.717, 1.165) is 31.7 Å². The Labute approximate surface area is 171 Å². The van der Waals surface area contributed by atoms with Crippen molar-refractivity contribution in [3.63, 3.8) is 0 Å². The van der Waals surface area contributed by atoms with Gasteiger partial charge in [-0.2, -0.15) is 0 Å². The number of carbonyl (C=O) groups excluding carboxylic acids is 1. The highest BCUT2D eigenvalue weighted by atomic mass is 16.1. The van der Waals surface area contributed by atoms with Crippen molar-refractivity contribution >= 4 is 11.7 Å². The SMILES string of the molecule is O=C(NCC(c1ccccc1)c1ccccc1)C1CCN(c2cnccn2)CC1. The smallest absolute Gasteiger partial charge is 0.223 e. The minimum absolute atomic E-state index is 0.0510. The Kier molecular flexibility index (Phi) is 6.15. The summed E-state index contributed by atoms with van der Waals surface area (Å²) >= 11 is 0. The maximum Gasteiger partial charge on any atom is 0.223 e. The van der Waals surface area contributed by atoms with E-state index in [2.05, 4.69) is 68.7 Å². The number of amides is 1. The van der Waals surface area contributed by atoms with Gasteiger partial charge < -0.3 is 10.2 Å². The quantitative estimate of drug-likeness (QED) is 0.703. The molecule has 1 amide bonds. The minimum Gasteiger partial charge on any atom is -0.355 e. The summed E-state index contributed by atoms with van der Waals surface area (Å²) in [6, 6.07) is 20.8. The van der Waals surface area contributed by atoms with E-state index in [1.54, 1.807) is 18.6 Å². The average Bonchev–Trinajstić information content (AvgIpc) is 2.81. The van der Waals surface area contributed by atoms with Gasteiger partial charge in [-0.25, -0.2) is 4.98 Å². The third kappa shape index (κ3) is 4.80.